The standard InChI is InChI=1S/C13H15BrO/c1-3-4-5-9-13(15)11-7-6-8-12(14)10(11)2/h3,6-8H,1,4-5,9H2,2H3. The Morgan fingerprint density at radius 2 is 2.27 bits per heavy atom. The highest BCUT2D eigenvalue weighted by molar-refractivity contribution is 9.10. The van der Waals surface area contributed by atoms with Crippen LogP contribution in [0, 0.1) is 6.92 Å². The van der Waals surface area contributed by atoms with Crippen LogP contribution >= 0.6 is 15.9 Å². The fraction of sp³-hybridized carbons (Fsp3) is 0.308. The first-order valence-electron chi connectivity index (χ1n) is 5.06. The number of carbonyl (C=O) groups is 1. The number of Topliss-reactive ketones (excluding diaryl/α,β-unsaturated/α-hetero) is 1. The van der Waals surface area contributed by atoms with Crippen molar-refractivity contribution in [1.29, 1.82) is 0 Å². The van der Waals surface area contributed by atoms with Gasteiger partial charge in [-0.3, -0.25) is 4.79 Å². The van der Waals surface area contributed by atoms with E-state index >= 15 is 0 Å². The molecule has 0 aliphatic carbocycles. The van der Waals surface area contributed by atoms with Crippen molar-refractivity contribution >= 4 is 21.7 Å². The molecular formula is C13H15BrO. The van der Waals surface area contributed by atoms with Crippen LogP contribution in [0.15, 0.2) is 35.3 Å². The predicted octanol–water partition coefficient (Wildman–Crippen LogP) is 4.30. The Morgan fingerprint density at radius 3 is 2.93 bits per heavy atom. The fourth-order valence-corrected chi connectivity index (χ4v) is 1.82. The number of benzene rings is 1. The first-order chi connectivity index (χ1) is 7.16. The Labute approximate surface area is 99.3 Å². The average Bonchev–Trinajstić information content (AvgIpc) is 2.22. The lowest BCUT2D eigenvalue weighted by atomic mass is 10.0. The van der Waals surface area contributed by atoms with Crippen LogP contribution in [-0.4, -0.2) is 5.78 Å². The van der Waals surface area contributed by atoms with Crippen LogP contribution in [0.1, 0.15) is 35.2 Å². The zero-order valence-electron chi connectivity index (χ0n) is 8.92. The Hall–Kier alpha value is -0.890. The van der Waals surface area contributed by atoms with E-state index in [-0.39, 0.29) is 5.78 Å². The van der Waals surface area contributed by atoms with E-state index in [1.165, 1.54) is 0 Å². The topological polar surface area (TPSA) is 17.1 Å². The maximum absolute atomic E-state index is 11.8. The lowest BCUT2D eigenvalue weighted by Crippen LogP contribution is -2.01. The number of unbranched alkanes of at least 4 members (excludes halogenated alkanes) is 1. The number of halogens is 1. The molecule has 0 bridgehead atoms. The van der Waals surface area contributed by atoms with Gasteiger partial charge in [-0.1, -0.05) is 34.1 Å². The van der Waals surface area contributed by atoms with Crippen LogP contribution < -0.4 is 0 Å². The van der Waals surface area contributed by atoms with E-state index in [1.54, 1.807) is 0 Å². The van der Waals surface area contributed by atoms with Gasteiger partial charge in [-0.15, -0.1) is 6.58 Å². The number of hydrogen-bond acceptors (Lipinski definition) is 1. The molecule has 0 unspecified atom stereocenters. The van der Waals surface area contributed by atoms with E-state index in [1.807, 2.05) is 31.2 Å². The maximum atomic E-state index is 11.8. The van der Waals surface area contributed by atoms with Gasteiger partial charge in [0.05, 0.1) is 0 Å². The molecule has 2 heteroatoms. The van der Waals surface area contributed by atoms with Crippen LogP contribution in [0.2, 0.25) is 0 Å². The molecule has 80 valence electrons. The highest BCUT2D eigenvalue weighted by Gasteiger charge is 2.09. The molecule has 0 aliphatic rings. The third kappa shape index (κ3) is 3.31. The molecule has 0 fully saturated rings. The SMILES string of the molecule is C=CCCCC(=O)c1cccc(Br)c1C. The summed E-state index contributed by atoms with van der Waals surface area (Å²) in [5.74, 6) is 0.218. The fourth-order valence-electron chi connectivity index (χ4n) is 1.45. The maximum Gasteiger partial charge on any atom is 0.163 e. The second kappa shape index (κ2) is 5.86. The van der Waals surface area contributed by atoms with E-state index in [0.29, 0.717) is 6.42 Å². The van der Waals surface area contributed by atoms with Gasteiger partial charge < -0.3 is 0 Å². The molecule has 0 aromatic heterocycles. The minimum Gasteiger partial charge on any atom is -0.294 e. The van der Waals surface area contributed by atoms with Crippen molar-refractivity contribution < 1.29 is 4.79 Å². The molecule has 1 aromatic carbocycles. The van der Waals surface area contributed by atoms with Crippen molar-refractivity contribution in [3.05, 3.63) is 46.5 Å². The van der Waals surface area contributed by atoms with Crippen LogP contribution in [0.25, 0.3) is 0 Å². The van der Waals surface area contributed by atoms with Crippen LogP contribution in [0.4, 0.5) is 0 Å². The molecule has 1 nitrogen and oxygen atoms in total. The van der Waals surface area contributed by atoms with Gasteiger partial charge in [-0.2, -0.15) is 0 Å². The molecule has 1 rings (SSSR count). The van der Waals surface area contributed by atoms with Crippen molar-refractivity contribution in [3.8, 4) is 0 Å². The van der Waals surface area contributed by atoms with Gasteiger partial charge in [0.15, 0.2) is 5.78 Å². The lowest BCUT2D eigenvalue weighted by molar-refractivity contribution is 0.0980. The van der Waals surface area contributed by atoms with Gasteiger partial charge in [0.1, 0.15) is 0 Å². The second-order valence-electron chi connectivity index (χ2n) is 3.52. The summed E-state index contributed by atoms with van der Waals surface area (Å²) >= 11 is 3.43. The molecule has 0 N–H and O–H groups in total. The smallest absolute Gasteiger partial charge is 0.163 e. The normalized spacial score (nSPS) is 10.0. The van der Waals surface area contributed by atoms with Crippen LogP contribution in [-0.2, 0) is 0 Å². The molecule has 0 aliphatic heterocycles. The Morgan fingerprint density at radius 1 is 1.53 bits per heavy atom. The summed E-state index contributed by atoms with van der Waals surface area (Å²) in [4.78, 5) is 11.8. The van der Waals surface area contributed by atoms with E-state index in [0.717, 1.165) is 28.4 Å². The highest BCUT2D eigenvalue weighted by Crippen LogP contribution is 2.21. The summed E-state index contributed by atoms with van der Waals surface area (Å²) in [6.07, 6.45) is 4.23. The summed E-state index contributed by atoms with van der Waals surface area (Å²) in [6, 6.07) is 5.74. The number of rotatable bonds is 5. The zero-order valence-corrected chi connectivity index (χ0v) is 10.5. The van der Waals surface area contributed by atoms with Gasteiger partial charge in [0, 0.05) is 16.5 Å². The number of carbonyl (C=O) groups excluding carboxylic acids is 1. The lowest BCUT2D eigenvalue weighted by Gasteiger charge is -2.05. The van der Waals surface area contributed by atoms with Gasteiger partial charge in [0.25, 0.3) is 0 Å². The van der Waals surface area contributed by atoms with E-state index in [4.69, 9.17) is 0 Å². The molecular weight excluding hydrogens is 252 g/mol. The summed E-state index contributed by atoms with van der Waals surface area (Å²) in [6.45, 7) is 5.61. The van der Waals surface area contributed by atoms with Crippen LogP contribution in [0.3, 0.4) is 0 Å². The van der Waals surface area contributed by atoms with Gasteiger partial charge >= 0.3 is 0 Å². The molecule has 0 saturated carbocycles. The predicted molar refractivity (Wildman–Crippen MR) is 67.3 cm³/mol. The molecule has 1 aromatic rings. The Balaban J connectivity index is 2.73. The largest absolute Gasteiger partial charge is 0.294 e. The second-order valence-corrected chi connectivity index (χ2v) is 4.37. The van der Waals surface area contributed by atoms with Crippen LogP contribution in [0.5, 0.6) is 0 Å². The van der Waals surface area contributed by atoms with Crippen molar-refractivity contribution in [2.45, 2.75) is 26.2 Å². The minimum absolute atomic E-state index is 0.218. The highest BCUT2D eigenvalue weighted by atomic mass is 79.9. The van der Waals surface area contributed by atoms with Gasteiger partial charge in [-0.25, -0.2) is 0 Å². The molecule has 0 spiro atoms. The molecule has 0 radical (unpaired) electrons. The van der Waals surface area contributed by atoms with Crippen molar-refractivity contribution in [1.82, 2.24) is 0 Å². The average molecular weight is 267 g/mol. The summed E-state index contributed by atoms with van der Waals surface area (Å²) in [5.41, 5.74) is 1.86. The molecule has 0 saturated heterocycles. The van der Waals surface area contributed by atoms with Crippen molar-refractivity contribution in [2.24, 2.45) is 0 Å². The summed E-state index contributed by atoms with van der Waals surface area (Å²) in [7, 11) is 0. The summed E-state index contributed by atoms with van der Waals surface area (Å²) in [5, 5.41) is 0. The molecule has 0 atom stereocenters. The third-order valence-corrected chi connectivity index (χ3v) is 3.24. The quantitative estimate of drug-likeness (QED) is 0.441. The first kappa shape index (κ1) is 12.2. The van der Waals surface area contributed by atoms with E-state index in [9.17, 15) is 4.79 Å². The van der Waals surface area contributed by atoms with Gasteiger partial charge in [0.2, 0.25) is 0 Å². The zero-order chi connectivity index (χ0) is 11.3. The summed E-state index contributed by atoms with van der Waals surface area (Å²) < 4.78 is 0.997. The Kier molecular flexibility index (Phi) is 4.76. The first-order valence-corrected chi connectivity index (χ1v) is 5.85. The monoisotopic (exact) mass is 266 g/mol. The third-order valence-electron chi connectivity index (χ3n) is 2.38. The van der Waals surface area contributed by atoms with E-state index < -0.39 is 0 Å². The minimum atomic E-state index is 0.218. The number of allylic oxidation sites excluding steroid dienone is 1. The number of ketones is 1. The van der Waals surface area contributed by atoms with Crippen molar-refractivity contribution in [2.75, 3.05) is 0 Å². The molecule has 15 heavy (non-hydrogen) atoms. The Bertz CT molecular complexity index is 369. The molecule has 0 heterocycles. The number of hydrogen-bond donors (Lipinski definition) is 0. The van der Waals surface area contributed by atoms with Crippen molar-refractivity contribution in [3.63, 3.8) is 0 Å². The van der Waals surface area contributed by atoms with Gasteiger partial charge in [-0.05, 0) is 31.4 Å². The molecule has 0 amide bonds. The van der Waals surface area contributed by atoms with E-state index in [2.05, 4.69) is 22.5 Å².